The number of carbonyl (C=O) groups is 1. The Hall–Kier alpha value is -4.01. The molecule has 47 heavy (non-hydrogen) atoms. The summed E-state index contributed by atoms with van der Waals surface area (Å²) in [6.45, 7) is 7.98. The fourth-order valence-corrected chi connectivity index (χ4v) is 6.48. The van der Waals surface area contributed by atoms with Gasteiger partial charge in [0.15, 0.2) is 0 Å². The predicted molar refractivity (Wildman–Crippen MR) is 176 cm³/mol. The van der Waals surface area contributed by atoms with Gasteiger partial charge in [-0.3, -0.25) is 14.9 Å². The summed E-state index contributed by atoms with van der Waals surface area (Å²) in [4.78, 5) is 35.8. The highest BCUT2D eigenvalue weighted by Crippen LogP contribution is 2.39. The number of amides is 1. The van der Waals surface area contributed by atoms with Crippen LogP contribution in [0.25, 0.3) is 11.3 Å². The van der Waals surface area contributed by atoms with Crippen molar-refractivity contribution in [2.75, 3.05) is 32.6 Å². The first kappa shape index (κ1) is 35.8. The molecule has 2 heterocycles. The van der Waals surface area contributed by atoms with Crippen molar-refractivity contribution in [1.82, 2.24) is 14.9 Å². The quantitative estimate of drug-likeness (QED) is 0.0849. The van der Waals surface area contributed by atoms with Crippen LogP contribution >= 0.6 is 11.8 Å². The fraction of sp³-hybridized carbons (Fsp3) is 0.485. The number of hydrogen-bond donors (Lipinski definition) is 1. The molecule has 2 aromatic carbocycles. The second-order valence-electron chi connectivity index (χ2n) is 11.0. The van der Waals surface area contributed by atoms with Gasteiger partial charge in [-0.25, -0.2) is 9.37 Å². The summed E-state index contributed by atoms with van der Waals surface area (Å²) in [7, 11) is 1.40. The number of nitro groups is 1. The molecule has 254 valence electrons. The molecule has 1 amide bonds. The van der Waals surface area contributed by atoms with Crippen molar-refractivity contribution in [3.63, 3.8) is 0 Å². The molecule has 2 unspecified atom stereocenters. The van der Waals surface area contributed by atoms with Crippen LogP contribution in [-0.4, -0.2) is 87.1 Å². The van der Waals surface area contributed by atoms with E-state index in [4.69, 9.17) is 18.9 Å². The minimum atomic E-state index is -0.783. The van der Waals surface area contributed by atoms with Crippen LogP contribution in [0.1, 0.15) is 56.2 Å². The molecule has 1 saturated heterocycles. The van der Waals surface area contributed by atoms with E-state index in [1.165, 1.54) is 48.0 Å². The number of carbonyl (C=O) groups excluding carboxylic acids is 1. The van der Waals surface area contributed by atoms with Crippen molar-refractivity contribution in [2.45, 2.75) is 70.6 Å². The third-order valence-electron chi connectivity index (χ3n) is 7.54. The molecule has 0 aliphatic carbocycles. The first-order valence-corrected chi connectivity index (χ1v) is 16.6. The standard InChI is InChI=1S/C33H41FN4O8S/c1-6-44-33(47-7-2)28-15-24(39)19-37(28)32(40)26-16-25(43-5)17-29(31(26)38(41)42)45-14-8-9-20(3)46-30-18-27(35-21(4)36-30)22-10-12-23(34)13-11-22/h10-13,16-18,20,24,28,33,39H,6-9,14-15,19H2,1-5H3/t20?,24-,28+,33?/m1/s1. The minimum Gasteiger partial charge on any atom is -0.497 e. The maximum atomic E-state index is 13.9. The molecule has 12 nitrogen and oxygen atoms in total. The largest absolute Gasteiger partial charge is 0.497 e. The third-order valence-corrected chi connectivity index (χ3v) is 8.66. The van der Waals surface area contributed by atoms with Crippen molar-refractivity contribution < 1.29 is 38.2 Å². The molecule has 3 aromatic rings. The number of nitro benzene ring substituents is 1. The Balaban J connectivity index is 1.46. The lowest BCUT2D eigenvalue weighted by molar-refractivity contribution is -0.386. The average Bonchev–Trinajstić information content (AvgIpc) is 3.43. The molecule has 1 fully saturated rings. The summed E-state index contributed by atoms with van der Waals surface area (Å²) >= 11 is 1.51. The number of nitrogens with zero attached hydrogens (tertiary/aromatic N) is 4. The molecule has 1 aliphatic rings. The van der Waals surface area contributed by atoms with Crippen LogP contribution in [-0.2, 0) is 4.74 Å². The van der Waals surface area contributed by atoms with E-state index in [1.54, 1.807) is 25.1 Å². The first-order valence-electron chi connectivity index (χ1n) is 15.5. The van der Waals surface area contributed by atoms with Gasteiger partial charge in [0.25, 0.3) is 5.91 Å². The molecule has 14 heteroatoms. The monoisotopic (exact) mass is 672 g/mol. The average molecular weight is 673 g/mol. The highest BCUT2D eigenvalue weighted by atomic mass is 32.2. The Labute approximate surface area is 277 Å². The molecule has 4 atom stereocenters. The number of rotatable bonds is 16. The number of halogens is 1. The number of aliphatic hydroxyl groups excluding tert-OH is 1. The Bertz CT molecular complexity index is 1520. The lowest BCUT2D eigenvalue weighted by Crippen LogP contribution is -2.43. The van der Waals surface area contributed by atoms with E-state index in [1.807, 2.05) is 20.8 Å². The maximum absolute atomic E-state index is 13.9. The molecule has 1 N–H and O–H groups in total. The highest BCUT2D eigenvalue weighted by molar-refractivity contribution is 7.99. The van der Waals surface area contributed by atoms with Crippen LogP contribution in [0, 0.1) is 22.9 Å². The number of hydrogen-bond acceptors (Lipinski definition) is 11. The van der Waals surface area contributed by atoms with Crippen LogP contribution < -0.4 is 14.2 Å². The smallest absolute Gasteiger partial charge is 0.323 e. The number of benzene rings is 2. The maximum Gasteiger partial charge on any atom is 0.323 e. The normalized spacial score (nSPS) is 17.3. The number of aryl methyl sites for hydroxylation is 1. The van der Waals surface area contributed by atoms with Crippen molar-refractivity contribution in [3.8, 4) is 28.6 Å². The second kappa shape index (κ2) is 16.7. The molecule has 0 bridgehead atoms. The van der Waals surface area contributed by atoms with E-state index < -0.39 is 34.1 Å². The Kier molecular flexibility index (Phi) is 12.7. The lowest BCUT2D eigenvalue weighted by atomic mass is 10.1. The number of aliphatic hydroxyl groups is 1. The summed E-state index contributed by atoms with van der Waals surface area (Å²) in [6.07, 6.45) is 0.226. The van der Waals surface area contributed by atoms with Gasteiger partial charge in [-0.1, -0.05) is 6.92 Å². The summed E-state index contributed by atoms with van der Waals surface area (Å²) < 4.78 is 36.5. The first-order chi connectivity index (χ1) is 22.5. The van der Waals surface area contributed by atoms with Gasteiger partial charge in [0, 0.05) is 36.9 Å². The molecule has 0 spiro atoms. The van der Waals surface area contributed by atoms with Gasteiger partial charge in [0.05, 0.1) is 42.6 Å². The van der Waals surface area contributed by atoms with Crippen LogP contribution in [0.2, 0.25) is 0 Å². The number of methoxy groups -OCH3 is 1. The van der Waals surface area contributed by atoms with E-state index in [9.17, 15) is 24.4 Å². The number of thioether (sulfide) groups is 1. The third kappa shape index (κ3) is 9.30. The molecule has 4 rings (SSSR count). The molecular formula is C33H41FN4O8S. The van der Waals surface area contributed by atoms with Crippen molar-refractivity contribution >= 4 is 23.4 Å². The van der Waals surface area contributed by atoms with Gasteiger partial charge in [0.1, 0.15) is 28.4 Å². The van der Waals surface area contributed by atoms with Crippen molar-refractivity contribution in [2.24, 2.45) is 0 Å². The van der Waals surface area contributed by atoms with Crippen LogP contribution in [0.3, 0.4) is 0 Å². The second-order valence-corrected chi connectivity index (χ2v) is 12.4. The Morgan fingerprint density at radius 3 is 2.62 bits per heavy atom. The number of aromatic nitrogens is 2. The summed E-state index contributed by atoms with van der Waals surface area (Å²) in [5.74, 6) is 0.781. The number of β-amino-alcohol motifs (C(OH)–C–C–N with tert-alkyl or cyclic N) is 1. The highest BCUT2D eigenvalue weighted by Gasteiger charge is 2.42. The van der Waals surface area contributed by atoms with Crippen LogP contribution in [0.5, 0.6) is 17.4 Å². The molecule has 0 saturated carbocycles. The van der Waals surface area contributed by atoms with Gasteiger partial charge in [-0.2, -0.15) is 4.98 Å². The molecule has 1 aromatic heterocycles. The van der Waals surface area contributed by atoms with Crippen molar-refractivity contribution in [1.29, 1.82) is 0 Å². The SMILES string of the molecule is CCOC(SCC)[C@@H]1C[C@@H](O)CN1C(=O)c1cc(OC)cc(OCCCC(C)Oc2cc(-c3ccc(F)cc3)nc(C)n2)c1[N+](=O)[O-]. The van der Waals surface area contributed by atoms with E-state index in [0.717, 1.165) is 11.3 Å². The Morgan fingerprint density at radius 1 is 1.21 bits per heavy atom. The molecule has 0 radical (unpaired) electrons. The van der Waals surface area contributed by atoms with Crippen molar-refractivity contribution in [3.05, 3.63) is 69.8 Å². The lowest BCUT2D eigenvalue weighted by Gasteiger charge is -2.30. The van der Waals surface area contributed by atoms with E-state index >= 15 is 0 Å². The van der Waals surface area contributed by atoms with E-state index in [0.29, 0.717) is 43.3 Å². The zero-order valence-electron chi connectivity index (χ0n) is 27.2. The van der Waals surface area contributed by atoms with Gasteiger partial charge in [0.2, 0.25) is 11.6 Å². The zero-order chi connectivity index (χ0) is 34.1. The van der Waals surface area contributed by atoms with E-state index in [2.05, 4.69) is 9.97 Å². The topological polar surface area (TPSA) is 146 Å². The predicted octanol–water partition coefficient (Wildman–Crippen LogP) is 5.83. The minimum absolute atomic E-state index is 0.0248. The molecule has 1 aliphatic heterocycles. The zero-order valence-corrected chi connectivity index (χ0v) is 28.0. The fourth-order valence-electron chi connectivity index (χ4n) is 5.44. The summed E-state index contributed by atoms with van der Waals surface area (Å²) in [5.41, 5.74) is 0.280. The number of likely N-dealkylation sites (tertiary alicyclic amines) is 1. The van der Waals surface area contributed by atoms with E-state index in [-0.39, 0.29) is 42.1 Å². The van der Waals surface area contributed by atoms with Crippen LogP contribution in [0.15, 0.2) is 42.5 Å². The van der Waals surface area contributed by atoms with Gasteiger partial charge < -0.3 is 29.0 Å². The summed E-state index contributed by atoms with van der Waals surface area (Å²) in [5, 5.41) is 22.8. The van der Waals surface area contributed by atoms with Crippen LogP contribution in [0.4, 0.5) is 10.1 Å². The number of ether oxygens (including phenoxy) is 4. The van der Waals surface area contributed by atoms with Gasteiger partial charge in [-0.15, -0.1) is 11.8 Å². The Morgan fingerprint density at radius 2 is 1.96 bits per heavy atom. The van der Waals surface area contributed by atoms with Gasteiger partial charge in [-0.05, 0) is 70.1 Å². The molecular weight excluding hydrogens is 631 g/mol. The summed E-state index contributed by atoms with van der Waals surface area (Å²) in [6, 6.07) is 9.93. The van der Waals surface area contributed by atoms with Gasteiger partial charge >= 0.3 is 5.69 Å².